The molecule has 0 saturated carbocycles. The van der Waals surface area contributed by atoms with E-state index in [4.69, 9.17) is 0 Å². The van der Waals surface area contributed by atoms with Crippen LogP contribution in [0.3, 0.4) is 0 Å². The van der Waals surface area contributed by atoms with Crippen LogP contribution in [0.5, 0.6) is 0 Å². The van der Waals surface area contributed by atoms with E-state index in [1.54, 1.807) is 0 Å². The molecule has 1 heterocycles. The molecule has 0 unspecified atom stereocenters. The van der Waals surface area contributed by atoms with Crippen LogP contribution in [0.2, 0.25) is 0 Å². The Morgan fingerprint density at radius 1 is 1.26 bits per heavy atom. The first-order valence-electron chi connectivity index (χ1n) is 6.44. The summed E-state index contributed by atoms with van der Waals surface area (Å²) in [5.74, 6) is 0.537. The summed E-state index contributed by atoms with van der Waals surface area (Å²) in [7, 11) is 0. The molecule has 0 radical (unpaired) electrons. The van der Waals surface area contributed by atoms with Crippen LogP contribution in [0, 0.1) is 6.92 Å². The van der Waals surface area contributed by atoms with Crippen LogP contribution in [-0.4, -0.2) is 10.1 Å². The summed E-state index contributed by atoms with van der Waals surface area (Å²) >= 11 is 0. The molecule has 0 aliphatic rings. The Morgan fingerprint density at radius 2 is 2.00 bits per heavy atom. The average Bonchev–Trinajstić information content (AvgIpc) is 2.39. The van der Waals surface area contributed by atoms with Gasteiger partial charge in [-0.3, -0.25) is 4.98 Å². The molecule has 0 atom stereocenters. The standard InChI is InChI=1S/C17H19NO/c1-11(2)16-9-17(12(3)18-10-16)15-7-5-6-14(8-15)13(4)19/h5-11,19H,4H2,1-3H3. The van der Waals surface area contributed by atoms with Gasteiger partial charge in [-0.1, -0.05) is 38.6 Å². The lowest BCUT2D eigenvalue weighted by Gasteiger charge is -2.11. The Morgan fingerprint density at radius 3 is 2.63 bits per heavy atom. The summed E-state index contributed by atoms with van der Waals surface area (Å²) in [4.78, 5) is 4.47. The van der Waals surface area contributed by atoms with Crippen LogP contribution in [-0.2, 0) is 0 Å². The number of pyridine rings is 1. The predicted molar refractivity (Wildman–Crippen MR) is 80.2 cm³/mol. The fourth-order valence-electron chi connectivity index (χ4n) is 2.02. The minimum absolute atomic E-state index is 0.0903. The second-order valence-electron chi connectivity index (χ2n) is 5.08. The number of hydrogen-bond donors (Lipinski definition) is 1. The first-order valence-corrected chi connectivity index (χ1v) is 6.44. The van der Waals surface area contributed by atoms with Crippen molar-refractivity contribution in [1.29, 1.82) is 0 Å². The van der Waals surface area contributed by atoms with E-state index in [0.29, 0.717) is 5.92 Å². The molecule has 98 valence electrons. The summed E-state index contributed by atoms with van der Waals surface area (Å²) in [6.07, 6.45) is 1.93. The molecule has 0 aliphatic carbocycles. The Labute approximate surface area is 114 Å². The Hall–Kier alpha value is -2.09. The molecule has 0 spiro atoms. The lowest BCUT2D eigenvalue weighted by molar-refractivity contribution is 0.514. The van der Waals surface area contributed by atoms with E-state index in [0.717, 1.165) is 22.4 Å². The van der Waals surface area contributed by atoms with Gasteiger partial charge in [0.2, 0.25) is 0 Å². The van der Waals surface area contributed by atoms with Crippen LogP contribution in [0.25, 0.3) is 16.9 Å². The SMILES string of the molecule is C=C(O)c1cccc(-c2cc(C(C)C)cnc2C)c1. The van der Waals surface area contributed by atoms with Crippen molar-refractivity contribution in [2.75, 3.05) is 0 Å². The molecule has 0 saturated heterocycles. The zero-order valence-corrected chi connectivity index (χ0v) is 11.6. The van der Waals surface area contributed by atoms with Gasteiger partial charge in [-0.05, 0) is 36.1 Å². The van der Waals surface area contributed by atoms with Crippen LogP contribution in [0.1, 0.15) is 36.6 Å². The summed E-state index contributed by atoms with van der Waals surface area (Å²) in [6, 6.07) is 9.91. The highest BCUT2D eigenvalue weighted by Crippen LogP contribution is 2.27. The zero-order chi connectivity index (χ0) is 14.0. The molecule has 2 heteroatoms. The van der Waals surface area contributed by atoms with Gasteiger partial charge in [0.05, 0.1) is 0 Å². The van der Waals surface area contributed by atoms with Crippen molar-refractivity contribution in [3.05, 3.63) is 59.9 Å². The van der Waals surface area contributed by atoms with Gasteiger partial charge in [-0.2, -0.15) is 0 Å². The van der Waals surface area contributed by atoms with Crippen molar-refractivity contribution in [3.63, 3.8) is 0 Å². The van der Waals surface area contributed by atoms with Gasteiger partial charge in [0.15, 0.2) is 0 Å². The fourth-order valence-corrected chi connectivity index (χ4v) is 2.02. The summed E-state index contributed by atoms with van der Waals surface area (Å²) in [5.41, 5.74) is 5.11. The number of aliphatic hydroxyl groups is 1. The monoisotopic (exact) mass is 253 g/mol. The third-order valence-electron chi connectivity index (χ3n) is 3.28. The van der Waals surface area contributed by atoms with Crippen LogP contribution >= 0.6 is 0 Å². The van der Waals surface area contributed by atoms with E-state index in [9.17, 15) is 5.11 Å². The molecular formula is C17H19NO. The van der Waals surface area contributed by atoms with E-state index in [-0.39, 0.29) is 5.76 Å². The third kappa shape index (κ3) is 2.84. The molecular weight excluding hydrogens is 234 g/mol. The number of rotatable bonds is 3. The third-order valence-corrected chi connectivity index (χ3v) is 3.28. The number of aromatic nitrogens is 1. The van der Waals surface area contributed by atoms with E-state index in [2.05, 4.69) is 31.5 Å². The quantitative estimate of drug-likeness (QED) is 0.804. The summed E-state index contributed by atoms with van der Waals surface area (Å²) < 4.78 is 0. The van der Waals surface area contributed by atoms with Crippen LogP contribution < -0.4 is 0 Å². The Balaban J connectivity index is 2.54. The highest BCUT2D eigenvalue weighted by Gasteiger charge is 2.08. The Bertz CT molecular complexity index is 614. The molecule has 2 nitrogen and oxygen atoms in total. The van der Waals surface area contributed by atoms with Gasteiger partial charge >= 0.3 is 0 Å². The molecule has 19 heavy (non-hydrogen) atoms. The van der Waals surface area contributed by atoms with Gasteiger partial charge < -0.3 is 5.11 Å². The first kappa shape index (κ1) is 13.3. The van der Waals surface area contributed by atoms with E-state index in [1.165, 1.54) is 5.56 Å². The molecule has 2 rings (SSSR count). The number of aliphatic hydroxyl groups excluding tert-OH is 1. The lowest BCUT2D eigenvalue weighted by atomic mass is 9.97. The molecule has 0 aliphatic heterocycles. The zero-order valence-electron chi connectivity index (χ0n) is 11.6. The smallest absolute Gasteiger partial charge is 0.115 e. The van der Waals surface area contributed by atoms with Gasteiger partial charge in [-0.25, -0.2) is 0 Å². The maximum absolute atomic E-state index is 9.50. The normalized spacial score (nSPS) is 10.7. The van der Waals surface area contributed by atoms with E-state index >= 15 is 0 Å². The van der Waals surface area contributed by atoms with Gasteiger partial charge in [0.25, 0.3) is 0 Å². The van der Waals surface area contributed by atoms with E-state index in [1.807, 2.05) is 37.4 Å². The van der Waals surface area contributed by atoms with Crippen molar-refractivity contribution in [2.45, 2.75) is 26.7 Å². The summed E-state index contributed by atoms with van der Waals surface area (Å²) in [6.45, 7) is 9.88. The predicted octanol–water partition coefficient (Wildman–Crippen LogP) is 4.71. The number of aryl methyl sites for hydroxylation is 1. The van der Waals surface area contributed by atoms with Crippen LogP contribution in [0.4, 0.5) is 0 Å². The minimum Gasteiger partial charge on any atom is -0.508 e. The lowest BCUT2D eigenvalue weighted by Crippen LogP contribution is -1.94. The highest BCUT2D eigenvalue weighted by molar-refractivity contribution is 5.71. The van der Waals surface area contributed by atoms with Crippen molar-refractivity contribution in [3.8, 4) is 11.1 Å². The molecule has 2 aromatic rings. The second-order valence-corrected chi connectivity index (χ2v) is 5.08. The summed E-state index contributed by atoms with van der Waals surface area (Å²) in [5, 5.41) is 9.50. The topological polar surface area (TPSA) is 33.1 Å². The van der Waals surface area contributed by atoms with Crippen molar-refractivity contribution in [2.24, 2.45) is 0 Å². The molecule has 1 N–H and O–H groups in total. The number of nitrogens with zero attached hydrogens (tertiary/aromatic N) is 1. The first-order chi connectivity index (χ1) is 8.99. The van der Waals surface area contributed by atoms with Gasteiger partial charge in [-0.15, -0.1) is 0 Å². The van der Waals surface area contributed by atoms with E-state index < -0.39 is 0 Å². The van der Waals surface area contributed by atoms with Gasteiger partial charge in [0.1, 0.15) is 5.76 Å². The molecule has 0 fully saturated rings. The van der Waals surface area contributed by atoms with Crippen LogP contribution in [0.15, 0.2) is 43.1 Å². The largest absolute Gasteiger partial charge is 0.508 e. The minimum atomic E-state index is 0.0903. The van der Waals surface area contributed by atoms with Crippen molar-refractivity contribution in [1.82, 2.24) is 4.98 Å². The molecule has 1 aromatic heterocycles. The molecule has 0 amide bonds. The second kappa shape index (κ2) is 5.27. The number of hydrogen-bond acceptors (Lipinski definition) is 2. The Kier molecular flexibility index (Phi) is 3.70. The molecule has 1 aromatic carbocycles. The van der Waals surface area contributed by atoms with Crippen molar-refractivity contribution >= 4 is 5.76 Å². The van der Waals surface area contributed by atoms with Gasteiger partial charge in [0, 0.05) is 23.0 Å². The van der Waals surface area contributed by atoms with Crippen molar-refractivity contribution < 1.29 is 5.11 Å². The average molecular weight is 253 g/mol. The maximum atomic E-state index is 9.50. The number of benzene rings is 1. The fraction of sp³-hybridized carbons (Fsp3) is 0.235. The molecule has 0 bridgehead atoms. The highest BCUT2D eigenvalue weighted by atomic mass is 16.3. The maximum Gasteiger partial charge on any atom is 0.115 e.